The first-order valence-corrected chi connectivity index (χ1v) is 9.35. The Morgan fingerprint density at radius 2 is 1.96 bits per heavy atom. The number of rotatable bonds is 5. The van der Waals surface area contributed by atoms with Crippen LogP contribution in [0.1, 0.15) is 52.3 Å². The molecule has 0 aliphatic carbocycles. The van der Waals surface area contributed by atoms with E-state index in [0.29, 0.717) is 13.1 Å². The number of carbonyl (C=O) groups is 2. The molecule has 0 fully saturated rings. The number of aromatic nitrogens is 2. The van der Waals surface area contributed by atoms with Crippen molar-refractivity contribution in [3.8, 4) is 0 Å². The summed E-state index contributed by atoms with van der Waals surface area (Å²) in [7, 11) is 1.35. The minimum Gasteiger partial charge on any atom is -0.469 e. The van der Waals surface area contributed by atoms with E-state index in [1.807, 2.05) is 34.6 Å². The van der Waals surface area contributed by atoms with Crippen molar-refractivity contribution in [2.75, 3.05) is 7.11 Å². The zero-order valence-corrected chi connectivity index (χ0v) is 17.7. The number of carbonyl (C=O) groups excluding carboxylic acids is 2. The number of methoxy groups -OCH3 is 1. The second kappa shape index (κ2) is 10.5. The van der Waals surface area contributed by atoms with Crippen molar-refractivity contribution in [1.29, 1.82) is 0 Å². The predicted molar refractivity (Wildman–Crippen MR) is 109 cm³/mol. The number of hydrogen-bond donors (Lipinski definition) is 0. The molecule has 1 aliphatic rings. The molecule has 2 heterocycles. The minimum absolute atomic E-state index is 0.165. The molecule has 0 N–H and O–H groups in total. The van der Waals surface area contributed by atoms with E-state index in [0.717, 1.165) is 17.0 Å². The highest BCUT2D eigenvalue weighted by Gasteiger charge is 2.30. The maximum atomic E-state index is 12.3. The summed E-state index contributed by atoms with van der Waals surface area (Å²) < 4.78 is 11.8. The fraction of sp³-hybridized carbons (Fsp3) is 0.476. The lowest BCUT2D eigenvalue weighted by Crippen LogP contribution is -2.33. The Labute approximate surface area is 167 Å². The summed E-state index contributed by atoms with van der Waals surface area (Å²) in [6, 6.07) is 0. The topological polar surface area (TPSA) is 73.7 Å². The molecule has 154 valence electrons. The van der Waals surface area contributed by atoms with E-state index in [-0.39, 0.29) is 18.5 Å². The van der Waals surface area contributed by atoms with Crippen LogP contribution in [0.3, 0.4) is 0 Å². The van der Waals surface area contributed by atoms with Gasteiger partial charge in [0.15, 0.2) is 0 Å². The Morgan fingerprint density at radius 3 is 2.54 bits per heavy atom. The van der Waals surface area contributed by atoms with Crippen molar-refractivity contribution < 1.29 is 19.1 Å². The Balaban J connectivity index is 0.00000190. The lowest BCUT2D eigenvalue weighted by molar-refractivity contribution is -0.139. The third-order valence-corrected chi connectivity index (χ3v) is 3.64. The third kappa shape index (κ3) is 6.40. The van der Waals surface area contributed by atoms with E-state index in [9.17, 15) is 9.59 Å². The second-order valence-corrected chi connectivity index (χ2v) is 6.87. The van der Waals surface area contributed by atoms with Gasteiger partial charge in [-0.3, -0.25) is 9.69 Å². The van der Waals surface area contributed by atoms with E-state index < -0.39 is 5.60 Å². The van der Waals surface area contributed by atoms with Gasteiger partial charge in [-0.2, -0.15) is 5.10 Å². The van der Waals surface area contributed by atoms with Crippen molar-refractivity contribution >= 4 is 17.8 Å². The zero-order valence-electron chi connectivity index (χ0n) is 17.7. The molecule has 0 saturated heterocycles. The highest BCUT2D eigenvalue weighted by atomic mass is 16.6. The first-order chi connectivity index (χ1) is 13.2. The molecule has 2 rings (SSSR count). The molecule has 0 unspecified atom stereocenters. The first-order valence-electron chi connectivity index (χ1n) is 9.35. The van der Waals surface area contributed by atoms with Gasteiger partial charge in [0.1, 0.15) is 5.60 Å². The van der Waals surface area contributed by atoms with Gasteiger partial charge in [-0.1, -0.05) is 32.6 Å². The van der Waals surface area contributed by atoms with Crippen LogP contribution in [0.2, 0.25) is 0 Å². The van der Waals surface area contributed by atoms with Crippen molar-refractivity contribution in [2.45, 2.75) is 59.7 Å². The van der Waals surface area contributed by atoms with E-state index in [1.54, 1.807) is 40.1 Å². The van der Waals surface area contributed by atoms with Gasteiger partial charge in [-0.15, -0.1) is 0 Å². The molecule has 1 amide bonds. The van der Waals surface area contributed by atoms with Crippen LogP contribution in [-0.2, 0) is 27.4 Å². The van der Waals surface area contributed by atoms with Crippen LogP contribution in [0, 0.1) is 0 Å². The van der Waals surface area contributed by atoms with Gasteiger partial charge in [-0.05, 0) is 32.9 Å². The Hall–Kier alpha value is -2.83. The monoisotopic (exact) mass is 389 g/mol. The quantitative estimate of drug-likeness (QED) is 0.554. The van der Waals surface area contributed by atoms with Crippen molar-refractivity contribution in [2.24, 2.45) is 0 Å². The summed E-state index contributed by atoms with van der Waals surface area (Å²) in [6.45, 7) is 14.1. The van der Waals surface area contributed by atoms with Crippen molar-refractivity contribution in [3.05, 3.63) is 48.3 Å². The van der Waals surface area contributed by atoms with Gasteiger partial charge in [0, 0.05) is 5.56 Å². The summed E-state index contributed by atoms with van der Waals surface area (Å²) in [5, 5.41) is 4.40. The maximum absolute atomic E-state index is 12.3. The Kier molecular flexibility index (Phi) is 8.70. The number of amides is 1. The highest BCUT2D eigenvalue weighted by Crippen LogP contribution is 2.26. The van der Waals surface area contributed by atoms with Gasteiger partial charge < -0.3 is 9.47 Å². The number of ether oxygens (including phenoxy) is 2. The molecule has 28 heavy (non-hydrogen) atoms. The molecule has 7 nitrogen and oxygen atoms in total. The van der Waals surface area contributed by atoms with Crippen LogP contribution >= 0.6 is 0 Å². The fourth-order valence-corrected chi connectivity index (χ4v) is 2.51. The molecule has 0 radical (unpaired) electrons. The summed E-state index contributed by atoms with van der Waals surface area (Å²) in [5.41, 5.74) is 2.08. The van der Waals surface area contributed by atoms with Gasteiger partial charge in [0.25, 0.3) is 0 Å². The molecule has 0 aromatic carbocycles. The van der Waals surface area contributed by atoms with E-state index in [2.05, 4.69) is 16.4 Å². The fourth-order valence-electron chi connectivity index (χ4n) is 2.51. The van der Waals surface area contributed by atoms with E-state index >= 15 is 0 Å². The first kappa shape index (κ1) is 23.2. The zero-order chi connectivity index (χ0) is 21.3. The Bertz CT molecular complexity index is 754. The number of nitrogens with zero attached hydrogens (tertiary/aromatic N) is 3. The van der Waals surface area contributed by atoms with Crippen LogP contribution in [0.25, 0.3) is 5.70 Å². The maximum Gasteiger partial charge on any atom is 0.410 e. The molecule has 0 spiro atoms. The molecule has 0 atom stereocenters. The van der Waals surface area contributed by atoms with Crippen molar-refractivity contribution in [3.63, 3.8) is 0 Å². The van der Waals surface area contributed by atoms with Crippen LogP contribution in [0.15, 0.2) is 37.1 Å². The summed E-state index contributed by atoms with van der Waals surface area (Å²) in [6.07, 6.45) is 8.47. The van der Waals surface area contributed by atoms with Gasteiger partial charge in [-0.25, -0.2) is 9.48 Å². The van der Waals surface area contributed by atoms with Crippen LogP contribution < -0.4 is 0 Å². The molecule has 7 heteroatoms. The number of esters is 1. The van der Waals surface area contributed by atoms with E-state index in [1.165, 1.54) is 7.11 Å². The summed E-state index contributed by atoms with van der Waals surface area (Å²) in [5.74, 6) is -0.319. The SMILES string of the molecule is C=C/C=C(\C=C/CC(=O)OC)n1ncc2c1CN(C(=O)OC(C)(C)C)C2.CC. The lowest BCUT2D eigenvalue weighted by Gasteiger charge is -2.24. The standard InChI is InChI=1S/C19H25N3O4.C2H6/c1-6-8-15(9-7-10-17(23)25-5)22-16-13-21(12-14(16)11-20-22)18(24)26-19(2,3)4;1-2/h6-9,11H,1,10,12-13H2,2-5H3;1-2H3/b9-7-,15-8+;. The lowest BCUT2D eigenvalue weighted by atomic mass is 10.2. The minimum atomic E-state index is -0.539. The molecule has 0 saturated carbocycles. The smallest absolute Gasteiger partial charge is 0.410 e. The number of hydrogen-bond acceptors (Lipinski definition) is 5. The molecular formula is C21H31N3O4. The van der Waals surface area contributed by atoms with E-state index in [4.69, 9.17) is 4.74 Å². The van der Waals surface area contributed by atoms with Crippen molar-refractivity contribution in [1.82, 2.24) is 14.7 Å². The number of allylic oxidation sites excluding steroid dienone is 4. The number of fused-ring (bicyclic) bond motifs is 1. The molecular weight excluding hydrogens is 358 g/mol. The van der Waals surface area contributed by atoms with Crippen LogP contribution in [0.4, 0.5) is 4.79 Å². The average Bonchev–Trinajstić information content (AvgIpc) is 3.22. The normalized spacial score (nSPS) is 13.6. The summed E-state index contributed by atoms with van der Waals surface area (Å²) >= 11 is 0. The largest absolute Gasteiger partial charge is 0.469 e. The molecule has 1 aromatic rings. The molecule has 0 bridgehead atoms. The predicted octanol–water partition coefficient (Wildman–Crippen LogP) is 4.31. The summed E-state index contributed by atoms with van der Waals surface area (Å²) in [4.78, 5) is 25.2. The average molecular weight is 389 g/mol. The van der Waals surface area contributed by atoms with Gasteiger partial charge >= 0.3 is 12.1 Å². The van der Waals surface area contributed by atoms with Crippen LogP contribution in [-0.4, -0.2) is 39.5 Å². The third-order valence-electron chi connectivity index (χ3n) is 3.64. The molecule has 1 aromatic heterocycles. The van der Waals surface area contributed by atoms with Gasteiger partial charge in [0.2, 0.25) is 0 Å². The Morgan fingerprint density at radius 1 is 1.29 bits per heavy atom. The second-order valence-electron chi connectivity index (χ2n) is 6.87. The molecule has 1 aliphatic heterocycles. The van der Waals surface area contributed by atoms with Crippen LogP contribution in [0.5, 0.6) is 0 Å². The highest BCUT2D eigenvalue weighted by molar-refractivity contribution is 5.72. The van der Waals surface area contributed by atoms with Gasteiger partial charge in [0.05, 0.1) is 44.2 Å².